The van der Waals surface area contributed by atoms with Gasteiger partial charge in [0.1, 0.15) is 17.3 Å². The predicted octanol–water partition coefficient (Wildman–Crippen LogP) is 1.63. The van der Waals surface area contributed by atoms with Crippen molar-refractivity contribution in [2.75, 3.05) is 11.5 Å². The molecule has 0 aromatic heterocycles. The van der Waals surface area contributed by atoms with E-state index in [1.165, 1.54) is 31.4 Å². The maximum Gasteiger partial charge on any atom is 0.150 e. The van der Waals surface area contributed by atoms with Gasteiger partial charge in [0.2, 0.25) is 0 Å². The maximum absolute atomic E-state index is 11.6. The van der Waals surface area contributed by atoms with Crippen LogP contribution in [0.5, 0.6) is 11.5 Å². The molecule has 0 bridgehead atoms. The van der Waals surface area contributed by atoms with Crippen molar-refractivity contribution in [2.45, 2.75) is 24.2 Å². The lowest BCUT2D eigenvalue weighted by Gasteiger charge is -2.18. The molecule has 0 spiro atoms. The predicted molar refractivity (Wildman–Crippen MR) is 56.8 cm³/mol. The molecule has 0 amide bonds. The zero-order valence-electron chi connectivity index (χ0n) is 8.03. The van der Waals surface area contributed by atoms with Gasteiger partial charge in [-0.25, -0.2) is 0 Å². The third-order valence-corrected chi connectivity index (χ3v) is 5.02. The lowest BCUT2D eigenvalue weighted by atomic mass is 10.3. The van der Waals surface area contributed by atoms with E-state index in [1.54, 1.807) is 6.07 Å². The van der Waals surface area contributed by atoms with Crippen LogP contribution in [-0.4, -0.2) is 16.6 Å². The van der Waals surface area contributed by atoms with Crippen LogP contribution >= 0.6 is 0 Å². The van der Waals surface area contributed by atoms with E-state index in [2.05, 4.69) is 0 Å². The lowest BCUT2D eigenvalue weighted by molar-refractivity contribution is -0.272. The Labute approximate surface area is 86.9 Å². The van der Waals surface area contributed by atoms with Gasteiger partial charge in [0.05, 0.1) is 0 Å². The van der Waals surface area contributed by atoms with Gasteiger partial charge >= 0.3 is 0 Å². The second-order valence-electron chi connectivity index (χ2n) is 3.59. The molecule has 0 aliphatic carbocycles. The molecule has 0 radical (unpaired) electrons. The van der Waals surface area contributed by atoms with E-state index in [0.717, 1.165) is 16.4 Å². The van der Waals surface area contributed by atoms with Crippen molar-refractivity contribution in [3.05, 3.63) is 18.2 Å². The molecule has 1 fully saturated rings. The molecule has 2 rings (SSSR count). The van der Waals surface area contributed by atoms with E-state index in [0.29, 0.717) is 0 Å². The van der Waals surface area contributed by atoms with Crippen LogP contribution in [0.1, 0.15) is 19.3 Å². The summed E-state index contributed by atoms with van der Waals surface area (Å²) in [5, 5.41) is 20.9. The van der Waals surface area contributed by atoms with Crippen LogP contribution in [-0.2, 0) is 10.9 Å². The van der Waals surface area contributed by atoms with Crippen LogP contribution in [0, 0.1) is 0 Å². The maximum atomic E-state index is 11.6. The van der Waals surface area contributed by atoms with Gasteiger partial charge in [-0.2, -0.15) is 0 Å². The number of hydrogen-bond donors (Lipinski definition) is 1. The SMILES string of the molecule is [O-]c1ccc(O)cc1[S+]1CCCCC1. The quantitative estimate of drug-likeness (QED) is 0.716. The van der Waals surface area contributed by atoms with Gasteiger partial charge in [-0.05, 0) is 25.3 Å². The van der Waals surface area contributed by atoms with Gasteiger partial charge in [-0.1, -0.05) is 11.8 Å². The van der Waals surface area contributed by atoms with E-state index >= 15 is 0 Å². The van der Waals surface area contributed by atoms with Crippen LogP contribution in [0.2, 0.25) is 0 Å². The fraction of sp³-hybridized carbons (Fsp3) is 0.455. The minimum absolute atomic E-state index is 0.0908. The van der Waals surface area contributed by atoms with E-state index in [9.17, 15) is 10.2 Å². The Morgan fingerprint density at radius 1 is 1.14 bits per heavy atom. The molecule has 0 saturated carbocycles. The average Bonchev–Trinajstić information content (AvgIpc) is 2.23. The molecule has 1 saturated heterocycles. The summed E-state index contributed by atoms with van der Waals surface area (Å²) in [5.74, 6) is 2.56. The van der Waals surface area contributed by atoms with Gasteiger partial charge in [-0.15, -0.1) is 0 Å². The van der Waals surface area contributed by atoms with E-state index < -0.39 is 0 Å². The number of rotatable bonds is 1. The molecule has 1 N–H and O–H groups in total. The minimum Gasteiger partial charge on any atom is -0.869 e. The molecular formula is C11H14O2S. The first-order chi connectivity index (χ1) is 6.77. The molecule has 0 atom stereocenters. The number of phenolic OH excluding ortho intramolecular Hbond substituents is 1. The topological polar surface area (TPSA) is 43.3 Å². The van der Waals surface area contributed by atoms with Gasteiger partial charge in [0.25, 0.3) is 0 Å². The highest BCUT2D eigenvalue weighted by Crippen LogP contribution is 2.30. The Kier molecular flexibility index (Phi) is 2.87. The van der Waals surface area contributed by atoms with Crippen LogP contribution in [0.25, 0.3) is 0 Å². The highest BCUT2D eigenvalue weighted by Gasteiger charge is 2.25. The smallest absolute Gasteiger partial charge is 0.150 e. The van der Waals surface area contributed by atoms with Gasteiger partial charge < -0.3 is 10.2 Å². The fourth-order valence-corrected chi connectivity index (χ4v) is 4.16. The third-order valence-electron chi connectivity index (χ3n) is 2.52. The van der Waals surface area contributed by atoms with Crippen molar-refractivity contribution >= 4 is 10.9 Å². The first kappa shape index (κ1) is 9.71. The normalized spacial score (nSPS) is 18.3. The average molecular weight is 210 g/mol. The molecule has 2 nitrogen and oxygen atoms in total. The fourth-order valence-electron chi connectivity index (χ4n) is 1.77. The summed E-state index contributed by atoms with van der Waals surface area (Å²) in [4.78, 5) is 0.838. The highest BCUT2D eigenvalue weighted by atomic mass is 32.2. The van der Waals surface area contributed by atoms with Crippen molar-refractivity contribution in [3.8, 4) is 11.5 Å². The number of phenols is 1. The van der Waals surface area contributed by atoms with Crippen molar-refractivity contribution in [1.29, 1.82) is 0 Å². The molecule has 1 aliphatic rings. The first-order valence-electron chi connectivity index (χ1n) is 4.95. The van der Waals surface area contributed by atoms with Crippen LogP contribution in [0.4, 0.5) is 0 Å². The van der Waals surface area contributed by atoms with Crippen molar-refractivity contribution in [2.24, 2.45) is 0 Å². The Morgan fingerprint density at radius 3 is 2.57 bits per heavy atom. The van der Waals surface area contributed by atoms with E-state index in [4.69, 9.17) is 0 Å². The van der Waals surface area contributed by atoms with Gasteiger partial charge in [0, 0.05) is 17.0 Å². The highest BCUT2D eigenvalue weighted by molar-refractivity contribution is 7.97. The molecule has 1 heterocycles. The van der Waals surface area contributed by atoms with Gasteiger partial charge in [-0.3, -0.25) is 0 Å². The molecule has 3 heteroatoms. The second kappa shape index (κ2) is 4.13. The zero-order valence-corrected chi connectivity index (χ0v) is 8.85. The molecule has 1 aromatic rings. The summed E-state index contributed by atoms with van der Waals surface area (Å²) in [5.41, 5.74) is 0. The summed E-state index contributed by atoms with van der Waals surface area (Å²) in [7, 11) is 0.0976. The van der Waals surface area contributed by atoms with Crippen molar-refractivity contribution in [1.82, 2.24) is 0 Å². The summed E-state index contributed by atoms with van der Waals surface area (Å²) >= 11 is 0. The Bertz CT molecular complexity index is 319. The molecule has 0 unspecified atom stereocenters. The van der Waals surface area contributed by atoms with E-state index in [-0.39, 0.29) is 22.4 Å². The standard InChI is InChI=1S/C11H14O2S/c12-9-4-5-10(13)11(8-9)14-6-2-1-3-7-14/h4-5,8H,1-3,6-7H2,(H-,12,13). The molecular weight excluding hydrogens is 196 g/mol. The Hall–Kier alpha value is -0.830. The second-order valence-corrected chi connectivity index (χ2v) is 5.83. The Morgan fingerprint density at radius 2 is 1.86 bits per heavy atom. The minimum atomic E-state index is 0.0908. The molecule has 76 valence electrons. The summed E-state index contributed by atoms with van der Waals surface area (Å²) in [6.07, 6.45) is 3.73. The number of hydrogen-bond acceptors (Lipinski definition) is 2. The zero-order chi connectivity index (χ0) is 9.97. The summed E-state index contributed by atoms with van der Waals surface area (Å²) in [6, 6.07) is 4.60. The van der Waals surface area contributed by atoms with Crippen molar-refractivity contribution in [3.63, 3.8) is 0 Å². The molecule has 1 aliphatic heterocycles. The first-order valence-corrected chi connectivity index (χ1v) is 6.51. The number of aromatic hydroxyl groups is 1. The van der Waals surface area contributed by atoms with Crippen LogP contribution in [0.15, 0.2) is 23.1 Å². The molecule has 14 heavy (non-hydrogen) atoms. The van der Waals surface area contributed by atoms with Crippen molar-refractivity contribution < 1.29 is 10.2 Å². The monoisotopic (exact) mass is 210 g/mol. The molecule has 1 aromatic carbocycles. The number of benzene rings is 1. The van der Waals surface area contributed by atoms with Gasteiger partial charge in [0.15, 0.2) is 4.90 Å². The third kappa shape index (κ3) is 1.98. The summed E-state index contributed by atoms with van der Waals surface area (Å²) in [6.45, 7) is 0. The lowest BCUT2D eigenvalue weighted by Crippen LogP contribution is -2.19. The van der Waals surface area contributed by atoms with E-state index in [1.807, 2.05) is 0 Å². The van der Waals surface area contributed by atoms with Crippen LogP contribution < -0.4 is 5.11 Å². The summed E-state index contributed by atoms with van der Waals surface area (Å²) < 4.78 is 0. The Balaban J connectivity index is 2.24. The largest absolute Gasteiger partial charge is 0.869 e. The van der Waals surface area contributed by atoms with Crippen LogP contribution in [0.3, 0.4) is 0 Å².